The molecule has 15 heavy (non-hydrogen) atoms. The molecule has 0 bridgehead atoms. The normalized spacial score (nSPS) is 20.1. The van der Waals surface area contributed by atoms with Crippen LogP contribution in [0.4, 0.5) is 0 Å². The molecule has 0 aromatic carbocycles. The SMILES string of the molecule is CCNCCCNC(=O)[C@H]1CCC(=O)N1. The van der Waals surface area contributed by atoms with E-state index in [1.165, 1.54) is 0 Å². The average molecular weight is 213 g/mol. The first-order valence-electron chi connectivity index (χ1n) is 5.52. The molecule has 0 aromatic heterocycles. The number of amides is 2. The van der Waals surface area contributed by atoms with Crippen LogP contribution in [0.3, 0.4) is 0 Å². The molecule has 1 rings (SSSR count). The molecule has 0 spiro atoms. The second-order valence-corrected chi connectivity index (χ2v) is 3.66. The summed E-state index contributed by atoms with van der Waals surface area (Å²) in [6, 6.07) is -0.309. The second kappa shape index (κ2) is 6.40. The minimum Gasteiger partial charge on any atom is -0.354 e. The summed E-state index contributed by atoms with van der Waals surface area (Å²) in [4.78, 5) is 22.3. The highest BCUT2D eigenvalue weighted by Crippen LogP contribution is 2.05. The standard InChI is InChI=1S/C10H19N3O2/c1-2-11-6-3-7-12-10(15)8-4-5-9(14)13-8/h8,11H,2-7H2,1H3,(H,12,15)(H,13,14)/t8-/m1/s1. The fourth-order valence-electron chi connectivity index (χ4n) is 1.54. The van der Waals surface area contributed by atoms with E-state index in [1.807, 2.05) is 6.92 Å². The van der Waals surface area contributed by atoms with Gasteiger partial charge in [-0.25, -0.2) is 0 Å². The molecule has 5 nitrogen and oxygen atoms in total. The van der Waals surface area contributed by atoms with E-state index >= 15 is 0 Å². The van der Waals surface area contributed by atoms with Crippen LogP contribution in [0.1, 0.15) is 26.2 Å². The van der Waals surface area contributed by atoms with Crippen LogP contribution >= 0.6 is 0 Å². The molecule has 1 heterocycles. The predicted octanol–water partition coefficient (Wildman–Crippen LogP) is -0.619. The average Bonchev–Trinajstić information content (AvgIpc) is 2.64. The molecular weight excluding hydrogens is 194 g/mol. The smallest absolute Gasteiger partial charge is 0.242 e. The van der Waals surface area contributed by atoms with E-state index in [0.29, 0.717) is 19.4 Å². The zero-order valence-electron chi connectivity index (χ0n) is 9.14. The highest BCUT2D eigenvalue weighted by atomic mass is 16.2. The molecule has 1 aliphatic rings. The summed E-state index contributed by atoms with van der Waals surface area (Å²) >= 11 is 0. The van der Waals surface area contributed by atoms with Crippen LogP contribution < -0.4 is 16.0 Å². The highest BCUT2D eigenvalue weighted by molar-refractivity contribution is 5.90. The maximum atomic E-state index is 11.5. The molecule has 0 saturated carbocycles. The topological polar surface area (TPSA) is 70.2 Å². The molecule has 1 saturated heterocycles. The molecule has 1 atom stereocenters. The van der Waals surface area contributed by atoms with Crippen molar-refractivity contribution in [3.63, 3.8) is 0 Å². The van der Waals surface area contributed by atoms with Gasteiger partial charge < -0.3 is 16.0 Å². The predicted molar refractivity (Wildman–Crippen MR) is 57.3 cm³/mol. The van der Waals surface area contributed by atoms with Crippen LogP contribution in [0.15, 0.2) is 0 Å². The Morgan fingerprint density at radius 3 is 2.93 bits per heavy atom. The van der Waals surface area contributed by atoms with Crippen molar-refractivity contribution in [1.82, 2.24) is 16.0 Å². The summed E-state index contributed by atoms with van der Waals surface area (Å²) < 4.78 is 0. The van der Waals surface area contributed by atoms with Crippen LogP contribution in [-0.4, -0.2) is 37.5 Å². The van der Waals surface area contributed by atoms with Crippen molar-refractivity contribution in [2.45, 2.75) is 32.2 Å². The first kappa shape index (κ1) is 12.0. The Hall–Kier alpha value is -1.10. The highest BCUT2D eigenvalue weighted by Gasteiger charge is 2.26. The number of hydrogen-bond donors (Lipinski definition) is 3. The Balaban J connectivity index is 2.06. The van der Waals surface area contributed by atoms with Gasteiger partial charge in [-0.2, -0.15) is 0 Å². The lowest BCUT2D eigenvalue weighted by atomic mass is 10.2. The van der Waals surface area contributed by atoms with Crippen molar-refractivity contribution in [2.75, 3.05) is 19.6 Å². The Morgan fingerprint density at radius 1 is 1.53 bits per heavy atom. The monoisotopic (exact) mass is 213 g/mol. The van der Waals surface area contributed by atoms with Gasteiger partial charge in [0.05, 0.1) is 0 Å². The van der Waals surface area contributed by atoms with Crippen molar-refractivity contribution in [3.05, 3.63) is 0 Å². The fourth-order valence-corrected chi connectivity index (χ4v) is 1.54. The number of rotatable bonds is 6. The van der Waals surface area contributed by atoms with Crippen LogP contribution in [0.5, 0.6) is 0 Å². The third kappa shape index (κ3) is 4.29. The summed E-state index contributed by atoms with van der Waals surface area (Å²) in [7, 11) is 0. The van der Waals surface area contributed by atoms with E-state index in [1.54, 1.807) is 0 Å². The maximum absolute atomic E-state index is 11.5. The minimum atomic E-state index is -0.309. The van der Waals surface area contributed by atoms with Gasteiger partial charge in [0.2, 0.25) is 11.8 Å². The van der Waals surface area contributed by atoms with E-state index in [-0.39, 0.29) is 17.9 Å². The third-order valence-electron chi connectivity index (χ3n) is 2.39. The van der Waals surface area contributed by atoms with Crippen molar-refractivity contribution in [3.8, 4) is 0 Å². The van der Waals surface area contributed by atoms with Gasteiger partial charge in [-0.1, -0.05) is 6.92 Å². The van der Waals surface area contributed by atoms with Crippen LogP contribution in [-0.2, 0) is 9.59 Å². The van der Waals surface area contributed by atoms with Gasteiger partial charge in [0.25, 0.3) is 0 Å². The van der Waals surface area contributed by atoms with E-state index in [4.69, 9.17) is 0 Å². The number of carbonyl (C=O) groups is 2. The Bertz CT molecular complexity index is 231. The Kier molecular flexibility index (Phi) is 5.10. The number of hydrogen-bond acceptors (Lipinski definition) is 3. The molecule has 0 aliphatic carbocycles. The maximum Gasteiger partial charge on any atom is 0.242 e. The second-order valence-electron chi connectivity index (χ2n) is 3.66. The number of nitrogens with one attached hydrogen (secondary N) is 3. The lowest BCUT2D eigenvalue weighted by Gasteiger charge is -2.10. The Morgan fingerprint density at radius 2 is 2.33 bits per heavy atom. The van der Waals surface area contributed by atoms with Gasteiger partial charge in [0.15, 0.2) is 0 Å². The lowest BCUT2D eigenvalue weighted by molar-refractivity contribution is -0.125. The third-order valence-corrected chi connectivity index (χ3v) is 2.39. The minimum absolute atomic E-state index is 0.0252. The Labute approximate surface area is 90.0 Å². The molecule has 2 amide bonds. The molecule has 0 aromatic rings. The summed E-state index contributed by atoms with van der Waals surface area (Å²) in [5.41, 5.74) is 0. The fraction of sp³-hybridized carbons (Fsp3) is 0.800. The largest absolute Gasteiger partial charge is 0.354 e. The van der Waals surface area contributed by atoms with Crippen molar-refractivity contribution >= 4 is 11.8 Å². The van der Waals surface area contributed by atoms with Gasteiger partial charge in [0, 0.05) is 13.0 Å². The van der Waals surface area contributed by atoms with Crippen molar-refractivity contribution in [1.29, 1.82) is 0 Å². The summed E-state index contributed by atoms with van der Waals surface area (Å²) in [6.45, 7) is 4.57. The molecule has 0 unspecified atom stereocenters. The van der Waals surface area contributed by atoms with E-state index in [9.17, 15) is 9.59 Å². The lowest BCUT2D eigenvalue weighted by Crippen LogP contribution is -2.42. The van der Waals surface area contributed by atoms with Crippen molar-refractivity contribution in [2.24, 2.45) is 0 Å². The van der Waals surface area contributed by atoms with Gasteiger partial charge >= 0.3 is 0 Å². The molecule has 1 aliphatic heterocycles. The van der Waals surface area contributed by atoms with Crippen molar-refractivity contribution < 1.29 is 9.59 Å². The van der Waals surface area contributed by atoms with Gasteiger partial charge in [-0.3, -0.25) is 9.59 Å². The van der Waals surface area contributed by atoms with Crippen LogP contribution in [0.25, 0.3) is 0 Å². The van der Waals surface area contributed by atoms with Crippen LogP contribution in [0.2, 0.25) is 0 Å². The molecule has 1 fully saturated rings. The first-order chi connectivity index (χ1) is 7.24. The van der Waals surface area contributed by atoms with Gasteiger partial charge in [0.1, 0.15) is 6.04 Å². The van der Waals surface area contributed by atoms with Gasteiger partial charge in [-0.05, 0) is 25.9 Å². The summed E-state index contributed by atoms with van der Waals surface area (Å²) in [5, 5.41) is 8.63. The molecule has 5 heteroatoms. The van der Waals surface area contributed by atoms with Gasteiger partial charge in [-0.15, -0.1) is 0 Å². The number of carbonyl (C=O) groups excluding carboxylic acids is 2. The molecular formula is C10H19N3O2. The quantitative estimate of drug-likeness (QED) is 0.515. The van der Waals surface area contributed by atoms with E-state index in [0.717, 1.165) is 19.5 Å². The molecule has 86 valence electrons. The zero-order chi connectivity index (χ0) is 11.1. The molecule has 0 radical (unpaired) electrons. The summed E-state index contributed by atoms with van der Waals surface area (Å²) in [6.07, 6.45) is 2.01. The summed E-state index contributed by atoms with van der Waals surface area (Å²) in [5.74, 6) is -0.0832. The van der Waals surface area contributed by atoms with E-state index < -0.39 is 0 Å². The molecule has 3 N–H and O–H groups in total. The first-order valence-corrected chi connectivity index (χ1v) is 5.52. The van der Waals surface area contributed by atoms with Crippen LogP contribution in [0, 0.1) is 0 Å². The van der Waals surface area contributed by atoms with E-state index in [2.05, 4.69) is 16.0 Å². The zero-order valence-corrected chi connectivity index (χ0v) is 9.14.